The third-order valence-electron chi connectivity index (χ3n) is 4.69. The fraction of sp³-hybridized carbons (Fsp3) is 0.526. The first kappa shape index (κ1) is 19.0. The van der Waals surface area contributed by atoms with Crippen molar-refractivity contribution < 1.29 is 19.1 Å². The quantitative estimate of drug-likeness (QED) is 0.829. The summed E-state index contributed by atoms with van der Waals surface area (Å²) >= 11 is 0. The first-order valence-corrected chi connectivity index (χ1v) is 9.43. The third-order valence-corrected chi connectivity index (χ3v) is 4.69. The van der Waals surface area contributed by atoms with Gasteiger partial charge in [-0.05, 0) is 30.5 Å². The molecule has 0 bridgehead atoms. The number of ether oxygens (including phenoxy) is 1. The predicted molar refractivity (Wildman–Crippen MR) is 101 cm³/mol. The molecule has 0 saturated carbocycles. The van der Waals surface area contributed by atoms with Crippen molar-refractivity contribution in [3.05, 3.63) is 23.8 Å². The zero-order chi connectivity index (χ0) is 19.2. The number of fused-ring (bicyclic) bond motifs is 1. The van der Waals surface area contributed by atoms with Crippen molar-refractivity contribution >= 4 is 23.5 Å². The molecule has 1 saturated heterocycles. The molecule has 2 N–H and O–H groups in total. The summed E-state index contributed by atoms with van der Waals surface area (Å²) < 4.78 is 5.34. The molecule has 2 heterocycles. The van der Waals surface area contributed by atoms with E-state index in [0.29, 0.717) is 44.2 Å². The smallest absolute Gasteiger partial charge is 0.317 e. The molecule has 1 fully saturated rings. The Hall–Kier alpha value is -2.77. The first-order valence-electron chi connectivity index (χ1n) is 9.43. The number of urea groups is 1. The summed E-state index contributed by atoms with van der Waals surface area (Å²) in [6, 6.07) is 5.35. The lowest BCUT2D eigenvalue weighted by Gasteiger charge is -2.23. The molecule has 146 valence electrons. The van der Waals surface area contributed by atoms with Crippen molar-refractivity contribution in [3.63, 3.8) is 0 Å². The monoisotopic (exact) mass is 374 g/mol. The molecular formula is C19H26N4O4. The van der Waals surface area contributed by atoms with Gasteiger partial charge in [0.1, 0.15) is 5.75 Å². The van der Waals surface area contributed by atoms with Crippen LogP contribution in [0.5, 0.6) is 5.75 Å². The Balaban J connectivity index is 1.56. The maximum absolute atomic E-state index is 12.7. The van der Waals surface area contributed by atoms with Gasteiger partial charge in [-0.1, -0.05) is 13.0 Å². The van der Waals surface area contributed by atoms with Crippen LogP contribution in [-0.2, 0) is 16.0 Å². The van der Waals surface area contributed by atoms with Crippen LogP contribution in [0.4, 0.5) is 10.5 Å². The summed E-state index contributed by atoms with van der Waals surface area (Å²) in [6.45, 7) is 5.06. The SMILES string of the molecule is CCCNC(=O)N1CCCN(C(=O)Cc2ccc3c(c2)NC(=O)CO3)CC1. The minimum Gasteiger partial charge on any atom is -0.482 e. The van der Waals surface area contributed by atoms with Gasteiger partial charge in [0.25, 0.3) is 5.91 Å². The Morgan fingerprint density at radius 1 is 1.19 bits per heavy atom. The van der Waals surface area contributed by atoms with Crippen LogP contribution in [0.25, 0.3) is 0 Å². The number of nitrogens with zero attached hydrogens (tertiary/aromatic N) is 2. The number of hydrogen-bond acceptors (Lipinski definition) is 4. The third kappa shape index (κ3) is 4.90. The summed E-state index contributed by atoms with van der Waals surface area (Å²) in [6.07, 6.45) is 1.92. The second kappa shape index (κ2) is 8.75. The highest BCUT2D eigenvalue weighted by atomic mass is 16.5. The minimum absolute atomic E-state index is 0.0153. The molecule has 27 heavy (non-hydrogen) atoms. The fourth-order valence-corrected chi connectivity index (χ4v) is 3.24. The number of hydrogen-bond donors (Lipinski definition) is 2. The van der Waals surface area contributed by atoms with Gasteiger partial charge in [0.2, 0.25) is 5.91 Å². The number of anilines is 1. The van der Waals surface area contributed by atoms with Crippen LogP contribution in [0.3, 0.4) is 0 Å². The standard InChI is InChI=1S/C19H26N4O4/c1-2-6-20-19(26)23-8-3-7-22(9-10-23)18(25)12-14-4-5-16-15(11-14)21-17(24)13-27-16/h4-5,11H,2-3,6-10,12-13H2,1H3,(H,20,26)(H,21,24). The zero-order valence-electron chi connectivity index (χ0n) is 15.6. The molecule has 4 amide bonds. The molecule has 0 unspecified atom stereocenters. The molecule has 1 aromatic rings. The van der Waals surface area contributed by atoms with E-state index in [2.05, 4.69) is 10.6 Å². The summed E-state index contributed by atoms with van der Waals surface area (Å²) in [7, 11) is 0. The van der Waals surface area contributed by atoms with Gasteiger partial charge >= 0.3 is 6.03 Å². The average Bonchev–Trinajstić information content (AvgIpc) is 2.92. The highest BCUT2D eigenvalue weighted by Crippen LogP contribution is 2.28. The zero-order valence-corrected chi connectivity index (χ0v) is 15.6. The topological polar surface area (TPSA) is 91.0 Å². The molecule has 0 atom stereocenters. The minimum atomic E-state index is -0.195. The second-order valence-electron chi connectivity index (χ2n) is 6.80. The largest absolute Gasteiger partial charge is 0.482 e. The average molecular weight is 374 g/mol. The summed E-state index contributed by atoms with van der Waals surface area (Å²) in [5, 5.41) is 5.64. The van der Waals surface area contributed by atoms with Crippen molar-refractivity contribution in [2.24, 2.45) is 0 Å². The van der Waals surface area contributed by atoms with E-state index < -0.39 is 0 Å². The number of carbonyl (C=O) groups excluding carboxylic acids is 3. The van der Waals surface area contributed by atoms with Crippen molar-refractivity contribution in [1.82, 2.24) is 15.1 Å². The number of nitrogens with one attached hydrogen (secondary N) is 2. The first-order chi connectivity index (χ1) is 13.1. The van der Waals surface area contributed by atoms with Crippen LogP contribution in [-0.4, -0.2) is 67.0 Å². The molecule has 0 aromatic heterocycles. The van der Waals surface area contributed by atoms with Crippen molar-refractivity contribution in [3.8, 4) is 5.75 Å². The lowest BCUT2D eigenvalue weighted by Crippen LogP contribution is -2.43. The Bertz CT molecular complexity index is 722. The molecule has 2 aliphatic rings. The summed E-state index contributed by atoms with van der Waals surface area (Å²) in [5.74, 6) is 0.447. The Morgan fingerprint density at radius 3 is 2.78 bits per heavy atom. The maximum atomic E-state index is 12.7. The van der Waals surface area contributed by atoms with Gasteiger partial charge in [-0.3, -0.25) is 9.59 Å². The Labute approximate surface area is 158 Å². The molecular weight excluding hydrogens is 348 g/mol. The van der Waals surface area contributed by atoms with E-state index in [1.54, 1.807) is 17.0 Å². The second-order valence-corrected chi connectivity index (χ2v) is 6.80. The predicted octanol–water partition coefficient (Wildman–Crippen LogP) is 1.21. The molecule has 8 heteroatoms. The van der Waals surface area contributed by atoms with E-state index >= 15 is 0 Å². The highest BCUT2D eigenvalue weighted by Gasteiger charge is 2.22. The van der Waals surface area contributed by atoms with Gasteiger partial charge in [-0.15, -0.1) is 0 Å². The molecule has 0 aliphatic carbocycles. The van der Waals surface area contributed by atoms with Gasteiger partial charge in [-0.25, -0.2) is 4.79 Å². The number of benzene rings is 1. The summed E-state index contributed by atoms with van der Waals surface area (Å²) in [4.78, 5) is 39.8. The van der Waals surface area contributed by atoms with Crippen LogP contribution in [0.2, 0.25) is 0 Å². The molecule has 0 spiro atoms. The number of rotatable bonds is 4. The normalized spacial score (nSPS) is 16.7. The van der Waals surface area contributed by atoms with E-state index in [9.17, 15) is 14.4 Å². The van der Waals surface area contributed by atoms with Crippen LogP contribution < -0.4 is 15.4 Å². The van der Waals surface area contributed by atoms with E-state index in [0.717, 1.165) is 18.4 Å². The van der Waals surface area contributed by atoms with Crippen LogP contribution in [0.15, 0.2) is 18.2 Å². The lowest BCUT2D eigenvalue weighted by atomic mass is 10.1. The van der Waals surface area contributed by atoms with E-state index in [1.807, 2.05) is 17.9 Å². The number of amides is 4. The molecule has 8 nitrogen and oxygen atoms in total. The highest BCUT2D eigenvalue weighted by molar-refractivity contribution is 5.95. The van der Waals surface area contributed by atoms with E-state index in [4.69, 9.17) is 4.74 Å². The van der Waals surface area contributed by atoms with Gasteiger partial charge in [0.15, 0.2) is 6.61 Å². The Morgan fingerprint density at radius 2 is 1.96 bits per heavy atom. The van der Waals surface area contributed by atoms with Crippen molar-refractivity contribution in [1.29, 1.82) is 0 Å². The summed E-state index contributed by atoms with van der Waals surface area (Å²) in [5.41, 5.74) is 1.43. The lowest BCUT2D eigenvalue weighted by molar-refractivity contribution is -0.130. The molecule has 2 aliphatic heterocycles. The van der Waals surface area contributed by atoms with Gasteiger partial charge < -0.3 is 25.2 Å². The van der Waals surface area contributed by atoms with E-state index in [-0.39, 0.29) is 30.9 Å². The van der Waals surface area contributed by atoms with Crippen LogP contribution >= 0.6 is 0 Å². The van der Waals surface area contributed by atoms with Crippen LogP contribution in [0, 0.1) is 0 Å². The maximum Gasteiger partial charge on any atom is 0.317 e. The molecule has 0 radical (unpaired) electrons. The Kier molecular flexibility index (Phi) is 6.16. The number of carbonyl (C=O) groups is 3. The van der Waals surface area contributed by atoms with E-state index in [1.165, 1.54) is 0 Å². The van der Waals surface area contributed by atoms with Crippen molar-refractivity contribution in [2.75, 3.05) is 44.6 Å². The van der Waals surface area contributed by atoms with Crippen LogP contribution in [0.1, 0.15) is 25.3 Å². The molecule has 3 rings (SSSR count). The van der Waals surface area contributed by atoms with Gasteiger partial charge in [0.05, 0.1) is 12.1 Å². The van der Waals surface area contributed by atoms with Gasteiger partial charge in [0, 0.05) is 32.7 Å². The van der Waals surface area contributed by atoms with Gasteiger partial charge in [-0.2, -0.15) is 0 Å². The van der Waals surface area contributed by atoms with Crippen molar-refractivity contribution in [2.45, 2.75) is 26.2 Å². The fourth-order valence-electron chi connectivity index (χ4n) is 3.24. The molecule has 1 aromatic carbocycles.